The van der Waals surface area contributed by atoms with Gasteiger partial charge >= 0.3 is 0 Å². The second kappa shape index (κ2) is 7.98. The maximum Gasteiger partial charge on any atom is 0.276 e. The third-order valence-corrected chi connectivity index (χ3v) is 5.93. The van der Waals surface area contributed by atoms with Gasteiger partial charge in [0, 0.05) is 23.3 Å². The van der Waals surface area contributed by atoms with Crippen molar-refractivity contribution in [1.29, 1.82) is 0 Å². The van der Waals surface area contributed by atoms with Crippen molar-refractivity contribution in [3.05, 3.63) is 47.7 Å². The van der Waals surface area contributed by atoms with Gasteiger partial charge in [-0.05, 0) is 49.7 Å². The molecule has 7 nitrogen and oxygen atoms in total. The van der Waals surface area contributed by atoms with Crippen LogP contribution in [0.2, 0.25) is 0 Å². The summed E-state index contributed by atoms with van der Waals surface area (Å²) in [6, 6.07) is 9.75. The molecule has 4 rings (SSSR count). The molecule has 3 aromatic rings. The molecular weight excluding hydrogens is 368 g/mol. The van der Waals surface area contributed by atoms with Gasteiger partial charge in [0.25, 0.3) is 5.91 Å². The zero-order chi connectivity index (χ0) is 17.8. The number of anilines is 1. The van der Waals surface area contributed by atoms with E-state index >= 15 is 0 Å². The Balaban J connectivity index is 1.37. The lowest BCUT2D eigenvalue weighted by Gasteiger charge is -2.22. The molecule has 134 valence electrons. The Morgan fingerprint density at radius 2 is 2.19 bits per heavy atom. The lowest BCUT2D eigenvalue weighted by Crippen LogP contribution is -2.32. The predicted octanol–water partition coefficient (Wildman–Crippen LogP) is 3.06. The average Bonchev–Trinajstić information content (AvgIpc) is 3.36. The van der Waals surface area contributed by atoms with Crippen LogP contribution < -0.4 is 10.6 Å². The summed E-state index contributed by atoms with van der Waals surface area (Å²) in [5, 5.41) is 18.5. The van der Waals surface area contributed by atoms with Gasteiger partial charge in [0.1, 0.15) is 5.51 Å². The van der Waals surface area contributed by atoms with Gasteiger partial charge in [-0.3, -0.25) is 9.48 Å². The number of benzene rings is 1. The van der Waals surface area contributed by atoms with E-state index in [0.717, 1.165) is 40.9 Å². The zero-order valence-corrected chi connectivity index (χ0v) is 15.6. The van der Waals surface area contributed by atoms with E-state index in [9.17, 15) is 4.79 Å². The minimum Gasteiger partial charge on any atom is -0.321 e. The van der Waals surface area contributed by atoms with Crippen LogP contribution in [0.4, 0.5) is 5.69 Å². The molecule has 1 aliphatic heterocycles. The highest BCUT2D eigenvalue weighted by Gasteiger charge is 2.17. The van der Waals surface area contributed by atoms with Crippen molar-refractivity contribution in [3.8, 4) is 0 Å². The first-order chi connectivity index (χ1) is 12.8. The molecule has 26 heavy (non-hydrogen) atoms. The molecule has 0 radical (unpaired) electrons. The highest BCUT2D eigenvalue weighted by molar-refractivity contribution is 8.01. The van der Waals surface area contributed by atoms with Gasteiger partial charge in [-0.25, -0.2) is 0 Å². The van der Waals surface area contributed by atoms with E-state index in [4.69, 9.17) is 0 Å². The van der Waals surface area contributed by atoms with E-state index in [-0.39, 0.29) is 5.91 Å². The maximum absolute atomic E-state index is 12.4. The minimum atomic E-state index is -0.197. The first kappa shape index (κ1) is 17.2. The number of hydrogen-bond acceptors (Lipinski definition) is 7. The van der Waals surface area contributed by atoms with Crippen LogP contribution in [-0.4, -0.2) is 39.0 Å². The van der Waals surface area contributed by atoms with E-state index < -0.39 is 0 Å². The first-order valence-electron chi connectivity index (χ1n) is 8.39. The molecule has 0 saturated carbocycles. The molecule has 0 spiro atoms. The lowest BCUT2D eigenvalue weighted by atomic mass is 10.1. The average molecular weight is 387 g/mol. The van der Waals surface area contributed by atoms with Crippen LogP contribution in [0.3, 0.4) is 0 Å². The topological polar surface area (TPSA) is 84.7 Å². The van der Waals surface area contributed by atoms with Crippen LogP contribution in [-0.2, 0) is 0 Å². The second-order valence-electron chi connectivity index (χ2n) is 5.97. The van der Waals surface area contributed by atoms with E-state index in [1.165, 1.54) is 11.3 Å². The van der Waals surface area contributed by atoms with Crippen LogP contribution in [0, 0.1) is 0 Å². The summed E-state index contributed by atoms with van der Waals surface area (Å²) in [5.74, 6) is -0.197. The molecule has 0 aliphatic carbocycles. The van der Waals surface area contributed by atoms with Crippen molar-refractivity contribution >= 4 is 34.7 Å². The van der Waals surface area contributed by atoms with Crippen molar-refractivity contribution in [2.24, 2.45) is 0 Å². The highest BCUT2D eigenvalue weighted by Crippen LogP contribution is 2.29. The SMILES string of the molecule is O=C(Nc1ccc(Sc2nncs2)cc1)c1ccn(C2CCCNC2)n1. The van der Waals surface area contributed by atoms with Crippen LogP contribution in [0.1, 0.15) is 29.4 Å². The molecule has 3 heterocycles. The van der Waals surface area contributed by atoms with Gasteiger partial charge in [-0.1, -0.05) is 23.1 Å². The first-order valence-corrected chi connectivity index (χ1v) is 10.1. The monoisotopic (exact) mass is 386 g/mol. The van der Waals surface area contributed by atoms with Crippen molar-refractivity contribution < 1.29 is 4.79 Å². The summed E-state index contributed by atoms with van der Waals surface area (Å²) >= 11 is 3.05. The standard InChI is InChI=1S/C17H18N6OS2/c24-16(15-7-9-23(22-15)13-2-1-8-18-10-13)20-12-3-5-14(6-4-12)26-17-21-19-11-25-17/h3-7,9,11,13,18H,1-2,8,10H2,(H,20,24). The molecule has 1 aliphatic rings. The summed E-state index contributed by atoms with van der Waals surface area (Å²) in [6.45, 7) is 1.95. The zero-order valence-electron chi connectivity index (χ0n) is 14.0. The van der Waals surface area contributed by atoms with Crippen LogP contribution >= 0.6 is 23.1 Å². The Morgan fingerprint density at radius 1 is 1.31 bits per heavy atom. The quantitative estimate of drug-likeness (QED) is 0.701. The Kier molecular flexibility index (Phi) is 5.28. The van der Waals surface area contributed by atoms with Gasteiger partial charge in [0.05, 0.1) is 6.04 Å². The molecule has 1 unspecified atom stereocenters. The lowest BCUT2D eigenvalue weighted by molar-refractivity contribution is 0.102. The summed E-state index contributed by atoms with van der Waals surface area (Å²) in [5.41, 5.74) is 2.88. The Hall–Kier alpha value is -2.23. The Morgan fingerprint density at radius 3 is 2.92 bits per heavy atom. The number of nitrogens with one attached hydrogen (secondary N) is 2. The Bertz CT molecular complexity index is 856. The Labute approximate surface area is 159 Å². The molecule has 2 N–H and O–H groups in total. The normalized spacial score (nSPS) is 17.2. The minimum absolute atomic E-state index is 0.197. The summed E-state index contributed by atoms with van der Waals surface area (Å²) in [7, 11) is 0. The van der Waals surface area contributed by atoms with Gasteiger partial charge in [-0.15, -0.1) is 10.2 Å². The summed E-state index contributed by atoms with van der Waals surface area (Å²) < 4.78 is 2.78. The number of carbonyl (C=O) groups is 1. The summed E-state index contributed by atoms with van der Waals surface area (Å²) in [6.07, 6.45) is 4.10. The maximum atomic E-state index is 12.4. The molecule has 2 aromatic heterocycles. The van der Waals surface area contributed by atoms with E-state index in [2.05, 4.69) is 25.9 Å². The smallest absolute Gasteiger partial charge is 0.276 e. The molecule has 1 fully saturated rings. The number of rotatable bonds is 5. The molecule has 9 heteroatoms. The summed E-state index contributed by atoms with van der Waals surface area (Å²) in [4.78, 5) is 13.5. The predicted molar refractivity (Wildman–Crippen MR) is 102 cm³/mol. The third-order valence-electron chi connectivity index (χ3n) is 4.14. The van der Waals surface area contributed by atoms with E-state index in [0.29, 0.717) is 11.7 Å². The van der Waals surface area contributed by atoms with Gasteiger partial charge in [0.2, 0.25) is 0 Å². The third kappa shape index (κ3) is 4.12. The molecule has 1 saturated heterocycles. The molecular formula is C17H18N6OS2. The fraction of sp³-hybridized carbons (Fsp3) is 0.294. The molecule has 1 amide bonds. The van der Waals surface area contributed by atoms with Crippen LogP contribution in [0.25, 0.3) is 0 Å². The second-order valence-corrected chi connectivity index (χ2v) is 8.12. The van der Waals surface area contributed by atoms with Crippen LogP contribution in [0.15, 0.2) is 51.3 Å². The number of piperidine rings is 1. The fourth-order valence-electron chi connectivity index (χ4n) is 2.83. The molecule has 1 aromatic carbocycles. The highest BCUT2D eigenvalue weighted by atomic mass is 32.2. The van der Waals surface area contributed by atoms with Gasteiger partial charge < -0.3 is 10.6 Å². The van der Waals surface area contributed by atoms with Crippen molar-refractivity contribution in [2.75, 3.05) is 18.4 Å². The van der Waals surface area contributed by atoms with Crippen molar-refractivity contribution in [2.45, 2.75) is 28.1 Å². The molecule has 0 bridgehead atoms. The largest absolute Gasteiger partial charge is 0.321 e. The van der Waals surface area contributed by atoms with Crippen LogP contribution in [0.5, 0.6) is 0 Å². The number of amides is 1. The van der Waals surface area contributed by atoms with E-state index in [1.807, 2.05) is 35.1 Å². The van der Waals surface area contributed by atoms with Gasteiger partial charge in [-0.2, -0.15) is 5.10 Å². The number of carbonyl (C=O) groups excluding carboxylic acids is 1. The van der Waals surface area contributed by atoms with E-state index in [1.54, 1.807) is 23.3 Å². The van der Waals surface area contributed by atoms with Gasteiger partial charge in [0.15, 0.2) is 10.0 Å². The fourth-order valence-corrected chi connectivity index (χ4v) is 4.28. The number of nitrogens with zero attached hydrogens (tertiary/aromatic N) is 4. The van der Waals surface area contributed by atoms with Crippen molar-refractivity contribution in [1.82, 2.24) is 25.3 Å². The molecule has 1 atom stereocenters. The number of hydrogen-bond donors (Lipinski definition) is 2. The number of aromatic nitrogens is 4. The van der Waals surface area contributed by atoms with Crippen molar-refractivity contribution in [3.63, 3.8) is 0 Å².